The van der Waals surface area contributed by atoms with Gasteiger partial charge in [0.15, 0.2) is 5.78 Å². The van der Waals surface area contributed by atoms with Gasteiger partial charge >= 0.3 is 0 Å². The van der Waals surface area contributed by atoms with E-state index in [0.717, 1.165) is 36.7 Å². The van der Waals surface area contributed by atoms with E-state index in [1.165, 1.54) is 12.8 Å². The lowest BCUT2D eigenvalue weighted by Crippen LogP contribution is -2.57. The smallest absolute Gasteiger partial charge is 0.159 e. The fourth-order valence-electron chi connectivity index (χ4n) is 9.87. The van der Waals surface area contributed by atoms with Crippen molar-refractivity contribution in [3.63, 3.8) is 0 Å². The molecule has 0 aromatic rings. The summed E-state index contributed by atoms with van der Waals surface area (Å²) in [4.78, 5) is 27.4. The molecule has 0 heterocycles. The van der Waals surface area contributed by atoms with Crippen LogP contribution in [0.3, 0.4) is 0 Å². The van der Waals surface area contributed by atoms with Crippen molar-refractivity contribution < 1.29 is 14.7 Å². The van der Waals surface area contributed by atoms with Crippen LogP contribution < -0.4 is 0 Å². The number of aliphatic hydroxyl groups is 1. The van der Waals surface area contributed by atoms with Crippen molar-refractivity contribution in [1.29, 1.82) is 0 Å². The largest absolute Gasteiger partial charge is 0.393 e. The monoisotopic (exact) mass is 454 g/mol. The minimum Gasteiger partial charge on any atom is -0.393 e. The van der Waals surface area contributed by atoms with Crippen LogP contribution in [0.1, 0.15) is 93.4 Å². The molecule has 33 heavy (non-hydrogen) atoms. The summed E-state index contributed by atoms with van der Waals surface area (Å²) in [5.74, 6) is 3.86. The first kappa shape index (κ1) is 23.8. The molecule has 1 N–H and O–H groups in total. The molecular formula is C30H46O3. The maximum Gasteiger partial charge on any atom is 0.159 e. The van der Waals surface area contributed by atoms with E-state index in [-0.39, 0.29) is 34.6 Å². The topological polar surface area (TPSA) is 54.4 Å². The minimum atomic E-state index is -0.365. The van der Waals surface area contributed by atoms with Crippen molar-refractivity contribution in [3.8, 4) is 0 Å². The molecule has 3 nitrogen and oxygen atoms in total. The molecule has 0 radical (unpaired) electrons. The summed E-state index contributed by atoms with van der Waals surface area (Å²) < 4.78 is 0. The van der Waals surface area contributed by atoms with Gasteiger partial charge in [-0.1, -0.05) is 54.0 Å². The molecule has 0 amide bonds. The fraction of sp³-hybridized carbons (Fsp3) is 0.867. The Kier molecular flexibility index (Phi) is 5.41. The number of carbonyl (C=O) groups excluding carboxylic acids is 2. The highest BCUT2D eigenvalue weighted by Crippen LogP contribution is 2.70. The van der Waals surface area contributed by atoms with Crippen LogP contribution in [0, 0.1) is 63.6 Å². The second-order valence-electron chi connectivity index (χ2n) is 14.0. The van der Waals surface area contributed by atoms with Crippen LogP contribution in [0.4, 0.5) is 0 Å². The molecule has 5 aliphatic carbocycles. The van der Waals surface area contributed by atoms with Crippen LogP contribution >= 0.6 is 0 Å². The summed E-state index contributed by atoms with van der Waals surface area (Å²) in [5, 5.41) is 10.2. The first-order valence-electron chi connectivity index (χ1n) is 13.8. The first-order valence-corrected chi connectivity index (χ1v) is 13.8. The summed E-state index contributed by atoms with van der Waals surface area (Å²) in [5.41, 5.74) is 1.19. The number of ketones is 2. The highest BCUT2D eigenvalue weighted by molar-refractivity contribution is 6.00. The molecule has 0 aliphatic heterocycles. The van der Waals surface area contributed by atoms with Gasteiger partial charge in [-0.2, -0.15) is 0 Å². The molecule has 4 fully saturated rings. The molecule has 184 valence electrons. The lowest BCUT2D eigenvalue weighted by molar-refractivity contribution is -0.153. The summed E-state index contributed by atoms with van der Waals surface area (Å²) in [6, 6.07) is 0. The molecule has 0 saturated heterocycles. The van der Waals surface area contributed by atoms with E-state index in [4.69, 9.17) is 0 Å². The van der Waals surface area contributed by atoms with Gasteiger partial charge in [-0.25, -0.2) is 0 Å². The fourth-order valence-corrected chi connectivity index (χ4v) is 9.87. The number of Topliss-reactive ketones (excluding diaryl/α,β-unsaturated/α-hetero) is 1. The van der Waals surface area contributed by atoms with Gasteiger partial charge in [-0.3, -0.25) is 9.59 Å². The predicted molar refractivity (Wildman–Crippen MR) is 131 cm³/mol. The Morgan fingerprint density at radius 2 is 1.70 bits per heavy atom. The van der Waals surface area contributed by atoms with Crippen LogP contribution in [0.15, 0.2) is 11.6 Å². The lowest BCUT2D eigenvalue weighted by atomic mass is 9.46. The number of hydrogen-bond acceptors (Lipinski definition) is 3. The zero-order valence-corrected chi connectivity index (χ0v) is 22.0. The van der Waals surface area contributed by atoms with E-state index in [1.54, 1.807) is 0 Å². The zero-order chi connectivity index (χ0) is 24.1. The van der Waals surface area contributed by atoms with Gasteiger partial charge in [-0.05, 0) is 96.4 Å². The average molecular weight is 455 g/mol. The average Bonchev–Trinajstić information content (AvgIpc) is 3.31. The number of aliphatic hydroxyl groups excluding tert-OH is 1. The van der Waals surface area contributed by atoms with Gasteiger partial charge in [0.1, 0.15) is 5.78 Å². The molecule has 3 heteroatoms. The van der Waals surface area contributed by atoms with Crippen molar-refractivity contribution in [1.82, 2.24) is 0 Å². The minimum absolute atomic E-state index is 0.0478. The summed E-state index contributed by atoms with van der Waals surface area (Å²) >= 11 is 0. The second kappa shape index (κ2) is 7.52. The van der Waals surface area contributed by atoms with Gasteiger partial charge < -0.3 is 5.11 Å². The van der Waals surface area contributed by atoms with Crippen LogP contribution in [-0.2, 0) is 9.59 Å². The third-order valence-corrected chi connectivity index (χ3v) is 12.4. The summed E-state index contributed by atoms with van der Waals surface area (Å²) in [6.07, 6.45) is 7.86. The Hall–Kier alpha value is -0.960. The molecule has 4 saturated carbocycles. The normalized spacial score (nSPS) is 50.9. The van der Waals surface area contributed by atoms with Gasteiger partial charge in [-0.15, -0.1) is 0 Å². The van der Waals surface area contributed by atoms with E-state index in [9.17, 15) is 14.7 Å². The van der Waals surface area contributed by atoms with E-state index in [2.05, 4.69) is 48.5 Å². The summed E-state index contributed by atoms with van der Waals surface area (Å²) in [6.45, 7) is 16.7. The Bertz CT molecular complexity index is 887. The summed E-state index contributed by atoms with van der Waals surface area (Å²) in [7, 11) is 0. The maximum absolute atomic E-state index is 13.9. The van der Waals surface area contributed by atoms with Crippen molar-refractivity contribution in [3.05, 3.63) is 11.6 Å². The molecule has 0 bridgehead atoms. The highest BCUT2D eigenvalue weighted by atomic mass is 16.3. The standard InChI is InChI=1S/C30H46O3/c1-16(2)18(4)29(6)14-23(29)17(3)21-8-9-22-26-24(32)13-19-12-20(31)10-11-28(19,5)27(26)25(33)15-30(21,22)7/h13,16-18,20-23,26-27,31H,8-12,14-15H2,1-7H3. The second-order valence-corrected chi connectivity index (χ2v) is 14.0. The van der Waals surface area contributed by atoms with Crippen LogP contribution in [-0.4, -0.2) is 22.8 Å². The van der Waals surface area contributed by atoms with Gasteiger partial charge in [0.2, 0.25) is 0 Å². The first-order chi connectivity index (χ1) is 15.3. The van der Waals surface area contributed by atoms with Crippen LogP contribution in [0.25, 0.3) is 0 Å². The van der Waals surface area contributed by atoms with E-state index in [0.29, 0.717) is 47.7 Å². The number of rotatable bonds is 4. The van der Waals surface area contributed by atoms with E-state index >= 15 is 0 Å². The number of hydrogen-bond donors (Lipinski definition) is 1. The molecule has 5 rings (SSSR count). The Morgan fingerprint density at radius 3 is 2.36 bits per heavy atom. The number of allylic oxidation sites excluding steroid dienone is 1. The molecule has 0 aromatic carbocycles. The highest BCUT2D eigenvalue weighted by Gasteiger charge is 2.66. The quantitative estimate of drug-likeness (QED) is 0.547. The SMILES string of the molecule is CC(C)C(C)C1(C)CC1C(C)C1CCC2C3C(=O)C=C4CC(O)CCC4(C)C3C(=O)CC12C. The zero-order valence-electron chi connectivity index (χ0n) is 22.0. The molecule has 0 spiro atoms. The van der Waals surface area contributed by atoms with Gasteiger partial charge in [0.05, 0.1) is 6.10 Å². The Labute approximate surface area is 201 Å². The van der Waals surface area contributed by atoms with Crippen molar-refractivity contribution in [2.45, 2.75) is 99.5 Å². The molecular weight excluding hydrogens is 408 g/mol. The van der Waals surface area contributed by atoms with Gasteiger partial charge in [0.25, 0.3) is 0 Å². The van der Waals surface area contributed by atoms with Crippen LogP contribution in [0.5, 0.6) is 0 Å². The predicted octanol–water partition coefficient (Wildman–Crippen LogP) is 6.24. The van der Waals surface area contributed by atoms with Crippen molar-refractivity contribution >= 4 is 11.6 Å². The van der Waals surface area contributed by atoms with E-state index in [1.807, 2.05) is 6.08 Å². The van der Waals surface area contributed by atoms with Gasteiger partial charge in [0, 0.05) is 18.3 Å². The molecule has 11 unspecified atom stereocenters. The molecule has 0 aromatic heterocycles. The molecule has 11 atom stereocenters. The third kappa shape index (κ3) is 3.23. The molecule has 5 aliphatic rings. The maximum atomic E-state index is 13.9. The lowest BCUT2D eigenvalue weighted by Gasteiger charge is -2.56. The Morgan fingerprint density at radius 1 is 1.00 bits per heavy atom. The number of carbonyl (C=O) groups is 2. The van der Waals surface area contributed by atoms with Crippen LogP contribution in [0.2, 0.25) is 0 Å². The van der Waals surface area contributed by atoms with Crippen molar-refractivity contribution in [2.24, 2.45) is 63.6 Å². The Balaban J connectivity index is 1.44. The third-order valence-electron chi connectivity index (χ3n) is 12.4. The number of fused-ring (bicyclic) bond motifs is 5. The van der Waals surface area contributed by atoms with E-state index < -0.39 is 0 Å². The van der Waals surface area contributed by atoms with Crippen molar-refractivity contribution in [2.75, 3.05) is 0 Å².